The highest BCUT2D eigenvalue weighted by molar-refractivity contribution is 7.14. The number of anilines is 1. The summed E-state index contributed by atoms with van der Waals surface area (Å²) in [7, 11) is 0. The predicted molar refractivity (Wildman–Crippen MR) is 107 cm³/mol. The number of aromatic nitrogens is 3. The van der Waals surface area contributed by atoms with Crippen LogP contribution in [0.25, 0.3) is 11.3 Å². The number of rotatable bonds is 6. The van der Waals surface area contributed by atoms with Gasteiger partial charge in [0.1, 0.15) is 0 Å². The van der Waals surface area contributed by atoms with Crippen LogP contribution in [0.5, 0.6) is 0 Å². The van der Waals surface area contributed by atoms with Crippen molar-refractivity contribution in [1.82, 2.24) is 14.8 Å². The standard InChI is InChI=1S/C20H17N5S/c1-2-8-18(9-3-1)19-15-26-20(23-19)24-21-13-16-6-4-7-17(12-16)14-25-11-5-10-22-25/h1-13,15H,14H2,(H,23,24). The van der Waals surface area contributed by atoms with Gasteiger partial charge in [0.25, 0.3) is 0 Å². The molecule has 4 aromatic rings. The average molecular weight is 359 g/mol. The SMILES string of the molecule is C(=NNc1nc(-c2ccccc2)cs1)c1cccc(Cn2cccn2)c1. The fourth-order valence-electron chi connectivity index (χ4n) is 2.58. The Balaban J connectivity index is 1.40. The Morgan fingerprint density at radius 1 is 1.08 bits per heavy atom. The van der Waals surface area contributed by atoms with Crippen LogP contribution in [0.1, 0.15) is 11.1 Å². The van der Waals surface area contributed by atoms with Gasteiger partial charge in [0, 0.05) is 23.3 Å². The highest BCUT2D eigenvalue weighted by Gasteiger charge is 2.03. The number of hydrogen-bond acceptors (Lipinski definition) is 5. The van der Waals surface area contributed by atoms with E-state index in [-0.39, 0.29) is 0 Å². The smallest absolute Gasteiger partial charge is 0.203 e. The molecule has 0 saturated carbocycles. The van der Waals surface area contributed by atoms with Crippen LogP contribution < -0.4 is 5.43 Å². The zero-order chi connectivity index (χ0) is 17.6. The number of nitrogens with zero attached hydrogens (tertiary/aromatic N) is 4. The van der Waals surface area contributed by atoms with Crippen molar-refractivity contribution in [2.75, 3.05) is 5.43 Å². The quantitative estimate of drug-likeness (QED) is 0.407. The Bertz CT molecular complexity index is 990. The molecule has 0 saturated heterocycles. The van der Waals surface area contributed by atoms with Crippen LogP contribution in [0.4, 0.5) is 5.13 Å². The van der Waals surface area contributed by atoms with Crippen LogP contribution in [-0.4, -0.2) is 21.0 Å². The minimum absolute atomic E-state index is 0.745. The summed E-state index contributed by atoms with van der Waals surface area (Å²) in [5, 5.41) is 11.3. The molecule has 0 amide bonds. The van der Waals surface area contributed by atoms with Gasteiger partial charge in [0.05, 0.1) is 18.5 Å². The Labute approximate surface area is 155 Å². The molecule has 0 atom stereocenters. The van der Waals surface area contributed by atoms with Gasteiger partial charge in [-0.2, -0.15) is 10.2 Å². The molecule has 0 fully saturated rings. The van der Waals surface area contributed by atoms with Crippen molar-refractivity contribution in [2.45, 2.75) is 6.54 Å². The zero-order valence-electron chi connectivity index (χ0n) is 14.0. The molecule has 0 bridgehead atoms. The fourth-order valence-corrected chi connectivity index (χ4v) is 3.25. The molecule has 0 spiro atoms. The lowest BCUT2D eigenvalue weighted by Crippen LogP contribution is -2.00. The maximum absolute atomic E-state index is 4.56. The van der Waals surface area contributed by atoms with Gasteiger partial charge in [-0.25, -0.2) is 4.98 Å². The first-order valence-corrected chi connectivity index (χ1v) is 9.11. The predicted octanol–water partition coefficient (Wildman–Crippen LogP) is 4.50. The van der Waals surface area contributed by atoms with Crippen LogP contribution in [0.3, 0.4) is 0 Å². The molecular formula is C20H17N5S. The second kappa shape index (κ2) is 7.76. The van der Waals surface area contributed by atoms with E-state index in [2.05, 4.69) is 32.7 Å². The number of benzene rings is 2. The van der Waals surface area contributed by atoms with Gasteiger partial charge in [0.2, 0.25) is 5.13 Å². The first kappa shape index (κ1) is 16.2. The third-order valence-corrected chi connectivity index (χ3v) is 4.55. The van der Waals surface area contributed by atoms with Gasteiger partial charge in [-0.15, -0.1) is 11.3 Å². The Hall–Kier alpha value is -3.25. The van der Waals surface area contributed by atoms with Crippen LogP contribution in [-0.2, 0) is 6.54 Å². The molecule has 5 nitrogen and oxygen atoms in total. The van der Waals surface area contributed by atoms with Gasteiger partial charge in [-0.05, 0) is 23.3 Å². The lowest BCUT2D eigenvalue weighted by Gasteiger charge is -2.03. The number of nitrogens with one attached hydrogen (secondary N) is 1. The molecule has 1 N–H and O–H groups in total. The molecule has 6 heteroatoms. The van der Waals surface area contributed by atoms with E-state index in [0.717, 1.165) is 28.5 Å². The minimum atomic E-state index is 0.745. The molecule has 0 radical (unpaired) electrons. The molecular weight excluding hydrogens is 342 g/mol. The number of hydrogen-bond donors (Lipinski definition) is 1. The van der Waals surface area contributed by atoms with Gasteiger partial charge in [0.15, 0.2) is 0 Å². The van der Waals surface area contributed by atoms with E-state index in [1.165, 1.54) is 16.9 Å². The summed E-state index contributed by atoms with van der Waals surface area (Å²) < 4.78 is 1.90. The van der Waals surface area contributed by atoms with Crippen molar-refractivity contribution < 1.29 is 0 Å². The Morgan fingerprint density at radius 3 is 2.85 bits per heavy atom. The summed E-state index contributed by atoms with van der Waals surface area (Å²) in [6, 6.07) is 20.3. The van der Waals surface area contributed by atoms with E-state index in [1.807, 2.05) is 64.8 Å². The van der Waals surface area contributed by atoms with E-state index < -0.39 is 0 Å². The van der Waals surface area contributed by atoms with Crippen LogP contribution in [0.15, 0.2) is 83.5 Å². The van der Waals surface area contributed by atoms with Crippen molar-refractivity contribution >= 4 is 22.7 Å². The van der Waals surface area contributed by atoms with Crippen molar-refractivity contribution in [3.05, 3.63) is 89.6 Å². The third kappa shape index (κ3) is 4.04. The first-order chi connectivity index (χ1) is 12.9. The van der Waals surface area contributed by atoms with Gasteiger partial charge in [-0.1, -0.05) is 48.5 Å². The lowest BCUT2D eigenvalue weighted by atomic mass is 10.1. The molecule has 4 rings (SSSR count). The average Bonchev–Trinajstić information content (AvgIpc) is 3.35. The minimum Gasteiger partial charge on any atom is -0.268 e. The second-order valence-electron chi connectivity index (χ2n) is 5.72. The van der Waals surface area contributed by atoms with E-state index in [1.54, 1.807) is 12.4 Å². The first-order valence-electron chi connectivity index (χ1n) is 8.23. The summed E-state index contributed by atoms with van der Waals surface area (Å²) in [4.78, 5) is 4.56. The summed E-state index contributed by atoms with van der Waals surface area (Å²) in [6.45, 7) is 0.745. The third-order valence-electron chi connectivity index (χ3n) is 3.80. The van der Waals surface area contributed by atoms with E-state index in [0.29, 0.717) is 0 Å². The summed E-state index contributed by atoms with van der Waals surface area (Å²) in [6.07, 6.45) is 5.54. The maximum atomic E-state index is 4.56. The molecule has 0 aliphatic heterocycles. The lowest BCUT2D eigenvalue weighted by molar-refractivity contribution is 0.687. The van der Waals surface area contributed by atoms with Gasteiger partial charge >= 0.3 is 0 Å². The second-order valence-corrected chi connectivity index (χ2v) is 6.58. The molecule has 2 aromatic heterocycles. The van der Waals surface area contributed by atoms with Crippen LogP contribution in [0.2, 0.25) is 0 Å². The molecule has 2 aromatic carbocycles. The Morgan fingerprint density at radius 2 is 2.00 bits per heavy atom. The monoisotopic (exact) mass is 359 g/mol. The van der Waals surface area contributed by atoms with E-state index in [4.69, 9.17) is 0 Å². The molecule has 2 heterocycles. The molecule has 128 valence electrons. The highest BCUT2D eigenvalue weighted by Crippen LogP contribution is 2.24. The highest BCUT2D eigenvalue weighted by atomic mass is 32.1. The van der Waals surface area contributed by atoms with Gasteiger partial charge < -0.3 is 0 Å². The van der Waals surface area contributed by atoms with Crippen LogP contribution >= 0.6 is 11.3 Å². The van der Waals surface area contributed by atoms with Crippen molar-refractivity contribution in [3.63, 3.8) is 0 Å². The molecule has 26 heavy (non-hydrogen) atoms. The molecule has 0 aliphatic rings. The Kier molecular flexibility index (Phi) is 4.84. The summed E-state index contributed by atoms with van der Waals surface area (Å²) in [5.74, 6) is 0. The van der Waals surface area contributed by atoms with Gasteiger partial charge in [-0.3, -0.25) is 10.1 Å². The largest absolute Gasteiger partial charge is 0.268 e. The van der Waals surface area contributed by atoms with E-state index in [9.17, 15) is 0 Å². The van der Waals surface area contributed by atoms with Crippen molar-refractivity contribution in [2.24, 2.45) is 5.10 Å². The normalized spacial score (nSPS) is 11.1. The fraction of sp³-hybridized carbons (Fsp3) is 0.0500. The maximum Gasteiger partial charge on any atom is 0.203 e. The zero-order valence-corrected chi connectivity index (χ0v) is 14.8. The molecule has 0 unspecified atom stereocenters. The topological polar surface area (TPSA) is 55.1 Å². The summed E-state index contributed by atoms with van der Waals surface area (Å²) >= 11 is 1.54. The van der Waals surface area contributed by atoms with Crippen molar-refractivity contribution in [3.8, 4) is 11.3 Å². The summed E-state index contributed by atoms with van der Waals surface area (Å²) in [5.41, 5.74) is 7.27. The number of hydrazone groups is 1. The van der Waals surface area contributed by atoms with Crippen LogP contribution in [0, 0.1) is 0 Å². The van der Waals surface area contributed by atoms with Crippen molar-refractivity contribution in [1.29, 1.82) is 0 Å². The molecule has 0 aliphatic carbocycles. The van der Waals surface area contributed by atoms with E-state index >= 15 is 0 Å². The number of thiazole rings is 1.